The van der Waals surface area contributed by atoms with Gasteiger partial charge in [-0.2, -0.15) is 0 Å². The van der Waals surface area contributed by atoms with Crippen LogP contribution >= 0.6 is 0 Å². The first kappa shape index (κ1) is 7.31. The Balaban J connectivity index is 2.68. The maximum atomic E-state index is 9.38. The first-order valence-electron chi connectivity index (χ1n) is 3.19. The standard InChI is InChI=1S/C7H12N2O/c1-9(2)7(10)6-4-3-5-8-6/h3-5,7-8,10H,1-2H3. The average molecular weight is 140 g/mol. The molecule has 2 N–H and O–H groups in total. The van der Waals surface area contributed by atoms with Crippen LogP contribution in [0.2, 0.25) is 0 Å². The Bertz CT molecular complexity index is 181. The first-order valence-corrected chi connectivity index (χ1v) is 3.19. The minimum Gasteiger partial charge on any atom is -0.373 e. The number of hydrogen-bond acceptors (Lipinski definition) is 2. The normalized spacial score (nSPS) is 14.0. The number of H-pyrrole nitrogens is 1. The third-order valence-corrected chi connectivity index (χ3v) is 1.39. The number of hydrogen-bond donors (Lipinski definition) is 2. The molecule has 56 valence electrons. The molecule has 1 aromatic rings. The maximum Gasteiger partial charge on any atom is 0.147 e. The van der Waals surface area contributed by atoms with E-state index < -0.39 is 6.23 Å². The SMILES string of the molecule is CN(C)C(O)c1ccc[nH]1. The quantitative estimate of drug-likeness (QED) is 0.589. The second-order valence-electron chi connectivity index (χ2n) is 2.46. The van der Waals surface area contributed by atoms with Crippen molar-refractivity contribution in [3.63, 3.8) is 0 Å². The van der Waals surface area contributed by atoms with E-state index in [4.69, 9.17) is 0 Å². The lowest BCUT2D eigenvalue weighted by Gasteiger charge is -2.16. The molecule has 0 bridgehead atoms. The minimum absolute atomic E-state index is 0.519. The van der Waals surface area contributed by atoms with Crippen molar-refractivity contribution in [1.29, 1.82) is 0 Å². The molecular formula is C7H12N2O. The molecule has 0 fully saturated rings. The monoisotopic (exact) mass is 140 g/mol. The van der Waals surface area contributed by atoms with Gasteiger partial charge in [-0.05, 0) is 26.2 Å². The van der Waals surface area contributed by atoms with Gasteiger partial charge in [-0.15, -0.1) is 0 Å². The van der Waals surface area contributed by atoms with Crippen molar-refractivity contribution in [2.45, 2.75) is 6.23 Å². The Morgan fingerprint density at radius 1 is 1.60 bits per heavy atom. The Kier molecular flexibility index (Phi) is 2.09. The summed E-state index contributed by atoms with van der Waals surface area (Å²) >= 11 is 0. The molecule has 0 radical (unpaired) electrons. The van der Waals surface area contributed by atoms with Crippen molar-refractivity contribution >= 4 is 0 Å². The average Bonchev–Trinajstić information content (AvgIpc) is 2.36. The van der Waals surface area contributed by atoms with Gasteiger partial charge in [0, 0.05) is 6.20 Å². The molecule has 1 unspecified atom stereocenters. The summed E-state index contributed by atoms with van der Waals surface area (Å²) in [6.07, 6.45) is 1.28. The summed E-state index contributed by atoms with van der Waals surface area (Å²) in [7, 11) is 3.65. The molecule has 0 amide bonds. The van der Waals surface area contributed by atoms with E-state index in [0.717, 1.165) is 5.69 Å². The Morgan fingerprint density at radius 3 is 2.70 bits per heavy atom. The smallest absolute Gasteiger partial charge is 0.147 e. The van der Waals surface area contributed by atoms with Crippen LogP contribution in [-0.4, -0.2) is 29.1 Å². The second-order valence-corrected chi connectivity index (χ2v) is 2.46. The van der Waals surface area contributed by atoms with Gasteiger partial charge >= 0.3 is 0 Å². The third kappa shape index (κ3) is 1.37. The molecule has 0 aliphatic carbocycles. The Morgan fingerprint density at radius 2 is 2.30 bits per heavy atom. The van der Waals surface area contributed by atoms with Crippen LogP contribution in [0.25, 0.3) is 0 Å². The number of aromatic nitrogens is 1. The van der Waals surface area contributed by atoms with E-state index in [1.165, 1.54) is 0 Å². The van der Waals surface area contributed by atoms with E-state index >= 15 is 0 Å². The van der Waals surface area contributed by atoms with Gasteiger partial charge in [0.25, 0.3) is 0 Å². The zero-order chi connectivity index (χ0) is 7.56. The molecule has 0 saturated heterocycles. The van der Waals surface area contributed by atoms with Gasteiger partial charge in [0.05, 0.1) is 5.69 Å². The maximum absolute atomic E-state index is 9.38. The Labute approximate surface area is 60.3 Å². The fraction of sp³-hybridized carbons (Fsp3) is 0.429. The van der Waals surface area contributed by atoms with Crippen LogP contribution in [0.5, 0.6) is 0 Å². The van der Waals surface area contributed by atoms with Crippen LogP contribution in [0.3, 0.4) is 0 Å². The molecule has 0 aromatic carbocycles. The minimum atomic E-state index is -0.519. The molecule has 3 nitrogen and oxygen atoms in total. The molecule has 0 aliphatic heterocycles. The second kappa shape index (κ2) is 2.86. The van der Waals surface area contributed by atoms with Gasteiger partial charge < -0.3 is 10.1 Å². The number of nitrogens with one attached hydrogen (secondary N) is 1. The molecule has 10 heavy (non-hydrogen) atoms. The van der Waals surface area contributed by atoms with E-state index in [0.29, 0.717) is 0 Å². The number of aliphatic hydroxyl groups is 1. The predicted molar refractivity (Wildman–Crippen MR) is 39.4 cm³/mol. The summed E-state index contributed by atoms with van der Waals surface area (Å²) in [5.41, 5.74) is 0.824. The van der Waals surface area contributed by atoms with Gasteiger partial charge in [-0.3, -0.25) is 4.90 Å². The molecule has 1 heterocycles. The van der Waals surface area contributed by atoms with E-state index in [1.54, 1.807) is 11.1 Å². The van der Waals surface area contributed by atoms with Crippen molar-refractivity contribution < 1.29 is 5.11 Å². The van der Waals surface area contributed by atoms with Crippen molar-refractivity contribution in [2.75, 3.05) is 14.1 Å². The lowest BCUT2D eigenvalue weighted by molar-refractivity contribution is 0.0362. The largest absolute Gasteiger partial charge is 0.373 e. The number of aromatic amines is 1. The summed E-state index contributed by atoms with van der Waals surface area (Å²) in [4.78, 5) is 4.65. The molecule has 3 heteroatoms. The fourth-order valence-corrected chi connectivity index (χ4v) is 0.783. The molecule has 1 aromatic heterocycles. The summed E-state index contributed by atoms with van der Waals surface area (Å²) in [6.45, 7) is 0. The summed E-state index contributed by atoms with van der Waals surface area (Å²) in [5.74, 6) is 0. The van der Waals surface area contributed by atoms with Crippen molar-refractivity contribution in [2.24, 2.45) is 0 Å². The topological polar surface area (TPSA) is 39.3 Å². The van der Waals surface area contributed by atoms with Gasteiger partial charge in [0.1, 0.15) is 6.23 Å². The van der Waals surface area contributed by atoms with E-state index in [2.05, 4.69) is 4.98 Å². The van der Waals surface area contributed by atoms with Gasteiger partial charge in [-0.25, -0.2) is 0 Å². The number of nitrogens with zero attached hydrogens (tertiary/aromatic N) is 1. The number of aliphatic hydroxyl groups excluding tert-OH is 1. The van der Waals surface area contributed by atoms with Crippen LogP contribution in [-0.2, 0) is 0 Å². The molecule has 0 spiro atoms. The Hall–Kier alpha value is -0.800. The van der Waals surface area contributed by atoms with E-state index in [1.807, 2.05) is 26.2 Å². The fourth-order valence-electron chi connectivity index (χ4n) is 0.783. The predicted octanol–water partition coefficient (Wildman–Crippen LogP) is 0.567. The van der Waals surface area contributed by atoms with Crippen LogP contribution in [0, 0.1) is 0 Å². The van der Waals surface area contributed by atoms with E-state index in [-0.39, 0.29) is 0 Å². The van der Waals surface area contributed by atoms with Crippen LogP contribution < -0.4 is 0 Å². The van der Waals surface area contributed by atoms with E-state index in [9.17, 15) is 5.11 Å². The summed E-state index contributed by atoms with van der Waals surface area (Å²) in [6, 6.07) is 3.72. The highest BCUT2D eigenvalue weighted by Crippen LogP contribution is 2.10. The lowest BCUT2D eigenvalue weighted by Crippen LogP contribution is -2.19. The van der Waals surface area contributed by atoms with Gasteiger partial charge in [0.15, 0.2) is 0 Å². The van der Waals surface area contributed by atoms with Crippen molar-refractivity contribution in [1.82, 2.24) is 9.88 Å². The van der Waals surface area contributed by atoms with Crippen LogP contribution in [0.1, 0.15) is 11.9 Å². The van der Waals surface area contributed by atoms with Crippen LogP contribution in [0.4, 0.5) is 0 Å². The third-order valence-electron chi connectivity index (χ3n) is 1.39. The summed E-state index contributed by atoms with van der Waals surface area (Å²) < 4.78 is 0. The molecule has 1 rings (SSSR count). The molecule has 1 atom stereocenters. The highest BCUT2D eigenvalue weighted by atomic mass is 16.3. The van der Waals surface area contributed by atoms with Crippen molar-refractivity contribution in [3.8, 4) is 0 Å². The number of rotatable bonds is 2. The van der Waals surface area contributed by atoms with Gasteiger partial charge in [0.2, 0.25) is 0 Å². The first-order chi connectivity index (χ1) is 4.72. The lowest BCUT2D eigenvalue weighted by atomic mass is 10.4. The highest BCUT2D eigenvalue weighted by molar-refractivity contribution is 5.05. The van der Waals surface area contributed by atoms with Gasteiger partial charge in [-0.1, -0.05) is 0 Å². The van der Waals surface area contributed by atoms with Crippen molar-refractivity contribution in [3.05, 3.63) is 24.0 Å². The summed E-state index contributed by atoms with van der Waals surface area (Å²) in [5, 5.41) is 9.38. The zero-order valence-corrected chi connectivity index (χ0v) is 6.20. The molecular weight excluding hydrogens is 128 g/mol. The molecule has 0 aliphatic rings. The zero-order valence-electron chi connectivity index (χ0n) is 6.20. The molecule has 0 saturated carbocycles. The highest BCUT2D eigenvalue weighted by Gasteiger charge is 2.08. The van der Waals surface area contributed by atoms with Crippen LogP contribution in [0.15, 0.2) is 18.3 Å².